The van der Waals surface area contributed by atoms with Gasteiger partial charge >= 0.3 is 0 Å². The van der Waals surface area contributed by atoms with E-state index in [1.165, 1.54) is 17.5 Å². The van der Waals surface area contributed by atoms with Gasteiger partial charge in [0.1, 0.15) is 0 Å². The first-order chi connectivity index (χ1) is 11.6. The van der Waals surface area contributed by atoms with Crippen molar-refractivity contribution < 1.29 is 9.52 Å². The zero-order chi connectivity index (χ0) is 17.4. The van der Waals surface area contributed by atoms with Gasteiger partial charge in [-0.05, 0) is 57.4 Å². The lowest BCUT2D eigenvalue weighted by molar-refractivity contribution is 0.282. The summed E-state index contributed by atoms with van der Waals surface area (Å²) in [4.78, 5) is 3.92. The predicted octanol–water partition coefficient (Wildman–Crippen LogP) is 4.94. The lowest BCUT2D eigenvalue weighted by Crippen LogP contribution is -2.00. The molecule has 1 aromatic heterocycles. The van der Waals surface area contributed by atoms with Gasteiger partial charge in [0, 0.05) is 17.8 Å². The minimum Gasteiger partial charge on any atom is -0.444 e. The molecule has 128 valence electrons. The predicted molar refractivity (Wildman–Crippen MR) is 98.8 cm³/mol. The molecule has 0 spiro atoms. The number of hydrogen-bond donors (Lipinski definition) is 2. The number of aliphatic hydroxyl groups excluding tert-OH is 1. The standard InChI is InChI=1S/C20H26N2O2/c1-15(2)5-4-6-16(3)9-10-22-18-7-8-19(17(11-18)13-23)20-12-21-14-24-20/h5,7-9,11-12,14,22-23H,4,6,10,13H2,1-3H3. The number of benzene rings is 1. The van der Waals surface area contributed by atoms with Gasteiger partial charge in [-0.2, -0.15) is 0 Å². The second-order valence-corrected chi connectivity index (χ2v) is 6.15. The summed E-state index contributed by atoms with van der Waals surface area (Å²) in [5, 5.41) is 13.0. The number of rotatable bonds is 8. The van der Waals surface area contributed by atoms with Crippen LogP contribution >= 0.6 is 0 Å². The molecule has 0 saturated heterocycles. The largest absolute Gasteiger partial charge is 0.444 e. The van der Waals surface area contributed by atoms with Crippen molar-refractivity contribution >= 4 is 5.69 Å². The number of nitrogens with one attached hydrogen (secondary N) is 1. The first kappa shape index (κ1) is 18.0. The Morgan fingerprint density at radius 1 is 1.25 bits per heavy atom. The van der Waals surface area contributed by atoms with E-state index in [1.807, 2.05) is 18.2 Å². The molecule has 0 bridgehead atoms. The van der Waals surface area contributed by atoms with Crippen molar-refractivity contribution in [3.63, 3.8) is 0 Å². The molecule has 4 heteroatoms. The fourth-order valence-corrected chi connectivity index (χ4v) is 2.46. The van der Waals surface area contributed by atoms with Crippen LogP contribution in [0, 0.1) is 0 Å². The summed E-state index contributed by atoms with van der Waals surface area (Å²) in [6, 6.07) is 5.88. The molecular formula is C20H26N2O2. The summed E-state index contributed by atoms with van der Waals surface area (Å²) in [5.74, 6) is 0.667. The second kappa shape index (κ2) is 9.08. The third-order valence-corrected chi connectivity index (χ3v) is 3.82. The molecule has 0 saturated carbocycles. The Balaban J connectivity index is 1.95. The van der Waals surface area contributed by atoms with Crippen molar-refractivity contribution in [2.75, 3.05) is 11.9 Å². The van der Waals surface area contributed by atoms with Crippen LogP contribution in [0.4, 0.5) is 5.69 Å². The minimum absolute atomic E-state index is 0.0386. The Bertz CT molecular complexity index is 696. The monoisotopic (exact) mass is 326 g/mol. The van der Waals surface area contributed by atoms with Crippen LogP contribution in [0.15, 0.2) is 58.5 Å². The van der Waals surface area contributed by atoms with Gasteiger partial charge in [-0.15, -0.1) is 0 Å². The fourth-order valence-electron chi connectivity index (χ4n) is 2.46. The van der Waals surface area contributed by atoms with E-state index in [4.69, 9.17) is 4.42 Å². The average Bonchev–Trinajstić information content (AvgIpc) is 3.08. The molecule has 0 unspecified atom stereocenters. The maximum atomic E-state index is 9.59. The van der Waals surface area contributed by atoms with E-state index in [-0.39, 0.29) is 6.61 Å². The summed E-state index contributed by atoms with van der Waals surface area (Å²) < 4.78 is 5.31. The molecular weight excluding hydrogens is 300 g/mol. The maximum Gasteiger partial charge on any atom is 0.181 e. The minimum atomic E-state index is -0.0386. The Hall–Kier alpha value is -2.33. The molecule has 0 radical (unpaired) electrons. The number of anilines is 1. The zero-order valence-electron chi connectivity index (χ0n) is 14.7. The number of allylic oxidation sites excluding steroid dienone is 3. The normalized spacial score (nSPS) is 11.4. The first-order valence-corrected chi connectivity index (χ1v) is 8.25. The van der Waals surface area contributed by atoms with E-state index in [1.54, 1.807) is 6.20 Å². The summed E-state index contributed by atoms with van der Waals surface area (Å²) in [5.41, 5.74) is 5.41. The van der Waals surface area contributed by atoms with Crippen molar-refractivity contribution in [3.8, 4) is 11.3 Å². The molecule has 24 heavy (non-hydrogen) atoms. The molecule has 0 atom stereocenters. The molecule has 0 amide bonds. The maximum absolute atomic E-state index is 9.59. The summed E-state index contributed by atoms with van der Waals surface area (Å²) in [7, 11) is 0. The Kier molecular flexibility index (Phi) is 6.82. The van der Waals surface area contributed by atoms with Crippen molar-refractivity contribution in [1.82, 2.24) is 4.98 Å². The smallest absolute Gasteiger partial charge is 0.181 e. The fraction of sp³-hybridized carbons (Fsp3) is 0.350. The van der Waals surface area contributed by atoms with Crippen molar-refractivity contribution in [1.29, 1.82) is 0 Å². The highest BCUT2D eigenvalue weighted by Crippen LogP contribution is 2.26. The van der Waals surface area contributed by atoms with Crippen LogP contribution in [0.1, 0.15) is 39.2 Å². The van der Waals surface area contributed by atoms with Gasteiger partial charge in [-0.3, -0.25) is 0 Å². The number of oxazole rings is 1. The molecule has 2 aromatic rings. The number of nitrogens with zero attached hydrogens (tertiary/aromatic N) is 1. The van der Waals surface area contributed by atoms with Gasteiger partial charge in [-0.25, -0.2) is 4.98 Å². The number of hydrogen-bond acceptors (Lipinski definition) is 4. The average molecular weight is 326 g/mol. The molecule has 0 fully saturated rings. The van der Waals surface area contributed by atoms with Crippen molar-refractivity contribution in [2.24, 2.45) is 0 Å². The van der Waals surface area contributed by atoms with E-state index in [0.29, 0.717) is 5.76 Å². The van der Waals surface area contributed by atoms with Gasteiger partial charge in [0.05, 0.1) is 12.8 Å². The zero-order valence-corrected chi connectivity index (χ0v) is 14.7. The van der Waals surface area contributed by atoms with Crippen LogP contribution in [-0.4, -0.2) is 16.6 Å². The highest BCUT2D eigenvalue weighted by Gasteiger charge is 2.08. The topological polar surface area (TPSA) is 58.3 Å². The highest BCUT2D eigenvalue weighted by molar-refractivity contribution is 5.65. The quantitative estimate of drug-likeness (QED) is 0.675. The molecule has 4 nitrogen and oxygen atoms in total. The lowest BCUT2D eigenvalue weighted by Gasteiger charge is -2.09. The van der Waals surface area contributed by atoms with Crippen LogP contribution in [0.25, 0.3) is 11.3 Å². The van der Waals surface area contributed by atoms with E-state index >= 15 is 0 Å². The van der Waals surface area contributed by atoms with Crippen molar-refractivity contribution in [3.05, 3.63) is 59.7 Å². The Morgan fingerprint density at radius 3 is 2.75 bits per heavy atom. The molecule has 2 rings (SSSR count). The number of aliphatic hydroxyl groups is 1. The van der Waals surface area contributed by atoms with Crippen LogP contribution in [0.2, 0.25) is 0 Å². The molecule has 0 aliphatic heterocycles. The second-order valence-electron chi connectivity index (χ2n) is 6.15. The van der Waals surface area contributed by atoms with Crippen LogP contribution in [-0.2, 0) is 6.61 Å². The van der Waals surface area contributed by atoms with Gasteiger partial charge in [-0.1, -0.05) is 23.3 Å². The van der Waals surface area contributed by atoms with Gasteiger partial charge < -0.3 is 14.8 Å². The van der Waals surface area contributed by atoms with E-state index in [0.717, 1.165) is 36.2 Å². The van der Waals surface area contributed by atoms with Crippen LogP contribution < -0.4 is 5.32 Å². The third-order valence-electron chi connectivity index (χ3n) is 3.82. The molecule has 2 N–H and O–H groups in total. The van der Waals surface area contributed by atoms with Crippen LogP contribution in [0.3, 0.4) is 0 Å². The molecule has 1 aromatic carbocycles. The van der Waals surface area contributed by atoms with Gasteiger partial charge in [0.2, 0.25) is 0 Å². The van der Waals surface area contributed by atoms with Gasteiger partial charge in [0.15, 0.2) is 12.2 Å². The molecule has 0 aliphatic rings. The lowest BCUT2D eigenvalue weighted by atomic mass is 10.1. The SMILES string of the molecule is CC(C)=CCCC(C)=CCNc1ccc(-c2cnco2)c(CO)c1. The summed E-state index contributed by atoms with van der Waals surface area (Å²) in [6.07, 6.45) is 9.69. The van der Waals surface area contributed by atoms with E-state index in [9.17, 15) is 5.11 Å². The van der Waals surface area contributed by atoms with E-state index in [2.05, 4.69) is 43.2 Å². The molecule has 1 heterocycles. The summed E-state index contributed by atoms with van der Waals surface area (Å²) in [6.45, 7) is 7.15. The van der Waals surface area contributed by atoms with E-state index < -0.39 is 0 Å². The molecule has 0 aliphatic carbocycles. The van der Waals surface area contributed by atoms with Crippen LogP contribution in [0.5, 0.6) is 0 Å². The summed E-state index contributed by atoms with van der Waals surface area (Å²) >= 11 is 0. The first-order valence-electron chi connectivity index (χ1n) is 8.25. The number of aromatic nitrogens is 1. The van der Waals surface area contributed by atoms with Crippen molar-refractivity contribution in [2.45, 2.75) is 40.2 Å². The van der Waals surface area contributed by atoms with Gasteiger partial charge in [0.25, 0.3) is 0 Å². The Morgan fingerprint density at radius 2 is 2.08 bits per heavy atom. The highest BCUT2D eigenvalue weighted by atomic mass is 16.3. The third kappa shape index (κ3) is 5.39. The Labute approximate surface area is 143 Å².